The number of allylic oxidation sites excluding steroid dienone is 3. The maximum absolute atomic E-state index is 13.1. The third kappa shape index (κ3) is 3.68. The van der Waals surface area contributed by atoms with Crippen LogP contribution < -0.4 is 11.5 Å². The normalized spacial score (nSPS) is 17.1. The van der Waals surface area contributed by atoms with Crippen molar-refractivity contribution in [1.82, 2.24) is 4.98 Å². The van der Waals surface area contributed by atoms with Crippen LogP contribution in [0, 0.1) is 0 Å². The van der Waals surface area contributed by atoms with E-state index >= 15 is 0 Å². The van der Waals surface area contributed by atoms with E-state index in [1.165, 1.54) is 11.3 Å². The molecule has 2 aromatic carbocycles. The van der Waals surface area contributed by atoms with E-state index in [1.54, 1.807) is 18.3 Å². The molecule has 2 aromatic heterocycles. The molecule has 1 aliphatic carbocycles. The first-order chi connectivity index (χ1) is 17.5. The highest BCUT2D eigenvalue weighted by Gasteiger charge is 2.41. The first kappa shape index (κ1) is 23.1. The molecule has 0 amide bonds. The third-order valence-electron chi connectivity index (χ3n) is 6.44. The first-order valence-electron chi connectivity index (χ1n) is 11.6. The molecule has 3 heterocycles. The van der Waals surface area contributed by atoms with Crippen molar-refractivity contribution in [2.24, 2.45) is 5.73 Å². The minimum atomic E-state index is -0.430. The van der Waals surface area contributed by atoms with Crippen molar-refractivity contribution in [3.05, 3.63) is 91.8 Å². The lowest BCUT2D eigenvalue weighted by atomic mass is 9.76. The SMILES string of the molecule is CCOC(=O)c1c(N)sc2c1C1=C(CC2)OC(N)=C(c2nc3ccccc3s2)C1c1ccc(Cl)cc1. The number of anilines is 1. The van der Waals surface area contributed by atoms with Gasteiger partial charge in [0.2, 0.25) is 0 Å². The molecule has 36 heavy (non-hydrogen) atoms. The minimum absolute atomic E-state index is 0.260. The largest absolute Gasteiger partial charge is 0.462 e. The molecular weight excluding hydrogens is 514 g/mol. The summed E-state index contributed by atoms with van der Waals surface area (Å²) in [6, 6.07) is 15.7. The number of ether oxygens (including phenoxy) is 2. The molecule has 1 unspecified atom stereocenters. The molecular formula is C27H22ClN3O3S2. The molecule has 0 bridgehead atoms. The van der Waals surface area contributed by atoms with Crippen molar-refractivity contribution < 1.29 is 14.3 Å². The van der Waals surface area contributed by atoms with Crippen molar-refractivity contribution in [1.29, 1.82) is 0 Å². The van der Waals surface area contributed by atoms with Gasteiger partial charge in [-0.1, -0.05) is 35.9 Å². The van der Waals surface area contributed by atoms with E-state index in [0.717, 1.165) is 48.1 Å². The Bertz CT molecular complexity index is 1550. The Morgan fingerprint density at radius 2 is 1.89 bits per heavy atom. The Balaban J connectivity index is 1.61. The standard InChI is InChI=1S/C27H22ClN3O3S2/c1-2-33-27(32)23-21-18(35-25(23)30)12-11-16-20(21)19(13-7-9-14(28)10-8-13)22(24(29)34-16)26-31-15-5-3-4-6-17(15)36-26/h3-10,19H,2,11-12,29-30H2,1H3. The second kappa shape index (κ2) is 8.96. The number of hydrogen-bond donors (Lipinski definition) is 2. The number of nitrogen functional groups attached to an aromatic ring is 1. The van der Waals surface area contributed by atoms with Gasteiger partial charge in [0, 0.05) is 33.4 Å². The number of thiazole rings is 1. The number of nitrogens with zero attached hydrogens (tertiary/aromatic N) is 1. The van der Waals surface area contributed by atoms with Crippen LogP contribution in [0.3, 0.4) is 0 Å². The number of fused-ring (bicyclic) bond motifs is 3. The Hall–Kier alpha value is -3.33. The van der Waals surface area contributed by atoms with Crippen molar-refractivity contribution in [2.45, 2.75) is 25.7 Å². The zero-order chi connectivity index (χ0) is 25.0. The van der Waals surface area contributed by atoms with Crippen LogP contribution in [0.25, 0.3) is 21.4 Å². The first-order valence-corrected chi connectivity index (χ1v) is 13.6. The lowest BCUT2D eigenvalue weighted by Crippen LogP contribution is -2.24. The highest BCUT2D eigenvalue weighted by molar-refractivity contribution is 7.19. The summed E-state index contributed by atoms with van der Waals surface area (Å²) >= 11 is 9.25. The maximum Gasteiger partial charge on any atom is 0.341 e. The van der Waals surface area contributed by atoms with Crippen LogP contribution >= 0.6 is 34.3 Å². The van der Waals surface area contributed by atoms with Crippen molar-refractivity contribution in [3.63, 3.8) is 0 Å². The van der Waals surface area contributed by atoms with E-state index in [2.05, 4.69) is 0 Å². The molecule has 182 valence electrons. The van der Waals surface area contributed by atoms with Crippen LogP contribution in [0.4, 0.5) is 5.00 Å². The zero-order valence-corrected chi connectivity index (χ0v) is 21.7. The molecule has 6 nitrogen and oxygen atoms in total. The van der Waals surface area contributed by atoms with Crippen molar-refractivity contribution >= 4 is 66.6 Å². The molecule has 0 saturated carbocycles. The van der Waals surface area contributed by atoms with Gasteiger partial charge in [-0.3, -0.25) is 0 Å². The third-order valence-corrected chi connectivity index (χ3v) is 8.84. The fourth-order valence-corrected chi connectivity index (χ4v) is 7.20. The van der Waals surface area contributed by atoms with Gasteiger partial charge in [0.25, 0.3) is 0 Å². The van der Waals surface area contributed by atoms with Crippen LogP contribution in [-0.2, 0) is 15.9 Å². The molecule has 1 atom stereocenters. The number of benzene rings is 2. The number of nitrogens with two attached hydrogens (primary N) is 2. The van der Waals surface area contributed by atoms with E-state index in [0.29, 0.717) is 34.3 Å². The fourth-order valence-electron chi connectivity index (χ4n) is 4.96. The summed E-state index contributed by atoms with van der Waals surface area (Å²) in [5, 5.41) is 1.86. The predicted octanol–water partition coefficient (Wildman–Crippen LogP) is 6.57. The Kier molecular flexibility index (Phi) is 5.75. The number of aryl methyl sites for hydroxylation is 1. The van der Waals surface area contributed by atoms with Crippen LogP contribution in [0.5, 0.6) is 0 Å². The van der Waals surface area contributed by atoms with Crippen molar-refractivity contribution in [2.75, 3.05) is 12.3 Å². The molecule has 4 N–H and O–H groups in total. The number of carbonyl (C=O) groups excluding carboxylic acids is 1. The second-order valence-corrected chi connectivity index (χ2v) is 11.2. The Labute approximate surface area is 220 Å². The summed E-state index contributed by atoms with van der Waals surface area (Å²) in [4.78, 5) is 19.0. The van der Waals surface area contributed by atoms with Gasteiger partial charge in [-0.2, -0.15) is 0 Å². The van der Waals surface area contributed by atoms with E-state index < -0.39 is 5.97 Å². The number of esters is 1. The van der Waals surface area contributed by atoms with Gasteiger partial charge in [0.15, 0.2) is 5.88 Å². The van der Waals surface area contributed by atoms with Crippen LogP contribution in [0.2, 0.25) is 5.02 Å². The summed E-state index contributed by atoms with van der Waals surface area (Å²) in [6.45, 7) is 2.04. The number of para-hydroxylation sites is 1. The topological polar surface area (TPSA) is 100 Å². The van der Waals surface area contributed by atoms with E-state index in [1.807, 2.05) is 48.5 Å². The average Bonchev–Trinajstić information content (AvgIpc) is 3.44. The number of halogens is 1. The van der Waals surface area contributed by atoms with Gasteiger partial charge in [0.1, 0.15) is 21.3 Å². The summed E-state index contributed by atoms with van der Waals surface area (Å²) in [7, 11) is 0. The number of thiophene rings is 1. The molecule has 2 aliphatic rings. The van der Waals surface area contributed by atoms with Crippen LogP contribution in [0.1, 0.15) is 50.6 Å². The number of hydrogen-bond acceptors (Lipinski definition) is 8. The predicted molar refractivity (Wildman–Crippen MR) is 146 cm³/mol. The molecule has 6 rings (SSSR count). The highest BCUT2D eigenvalue weighted by Crippen LogP contribution is 2.55. The van der Waals surface area contributed by atoms with Crippen molar-refractivity contribution in [3.8, 4) is 0 Å². The summed E-state index contributed by atoms with van der Waals surface area (Å²) < 4.78 is 12.7. The quantitative estimate of drug-likeness (QED) is 0.287. The molecule has 0 radical (unpaired) electrons. The van der Waals surface area contributed by atoms with E-state index in [9.17, 15) is 4.79 Å². The van der Waals surface area contributed by atoms with Gasteiger partial charge in [0.05, 0.1) is 22.4 Å². The minimum Gasteiger partial charge on any atom is -0.462 e. The smallest absolute Gasteiger partial charge is 0.341 e. The lowest BCUT2D eigenvalue weighted by Gasteiger charge is -2.34. The van der Waals surface area contributed by atoms with Crippen LogP contribution in [0.15, 0.2) is 60.2 Å². The molecule has 0 fully saturated rings. The Morgan fingerprint density at radius 1 is 1.11 bits per heavy atom. The molecule has 4 aromatic rings. The summed E-state index contributed by atoms with van der Waals surface area (Å²) in [5.41, 5.74) is 17.7. The zero-order valence-electron chi connectivity index (χ0n) is 19.3. The highest BCUT2D eigenvalue weighted by atomic mass is 35.5. The second-order valence-electron chi connectivity index (χ2n) is 8.55. The van der Waals surface area contributed by atoms with E-state index in [-0.39, 0.29) is 12.5 Å². The van der Waals surface area contributed by atoms with E-state index in [4.69, 9.17) is 37.5 Å². The lowest BCUT2D eigenvalue weighted by molar-refractivity contribution is 0.0527. The summed E-state index contributed by atoms with van der Waals surface area (Å²) in [5.74, 6) is 0.304. The van der Waals surface area contributed by atoms with Crippen LogP contribution in [-0.4, -0.2) is 17.6 Å². The molecule has 0 saturated heterocycles. The van der Waals surface area contributed by atoms with Gasteiger partial charge < -0.3 is 20.9 Å². The van der Waals surface area contributed by atoms with Gasteiger partial charge >= 0.3 is 5.97 Å². The summed E-state index contributed by atoms with van der Waals surface area (Å²) in [6.07, 6.45) is 1.36. The maximum atomic E-state index is 13.1. The molecule has 1 aliphatic heterocycles. The monoisotopic (exact) mass is 535 g/mol. The van der Waals surface area contributed by atoms with Gasteiger partial charge in [-0.15, -0.1) is 22.7 Å². The Morgan fingerprint density at radius 3 is 2.64 bits per heavy atom. The number of aromatic nitrogens is 1. The van der Waals surface area contributed by atoms with Gasteiger partial charge in [-0.05, 0) is 43.2 Å². The molecule has 9 heteroatoms. The van der Waals surface area contributed by atoms with Gasteiger partial charge in [-0.25, -0.2) is 9.78 Å². The number of carbonyl (C=O) groups is 1. The molecule has 0 spiro atoms. The number of rotatable bonds is 4. The fraction of sp³-hybridized carbons (Fsp3) is 0.185. The average molecular weight is 536 g/mol.